The Labute approximate surface area is 170 Å². The summed E-state index contributed by atoms with van der Waals surface area (Å²) in [5.41, 5.74) is 2.50. The SMILES string of the molecule is Cn1cc(-c2c(F)cncc2/C=C/C(=O)Nc2ccc(N3CC(F)(F)C3)cc2)cn1. The van der Waals surface area contributed by atoms with Gasteiger partial charge in [0, 0.05) is 53.6 Å². The maximum absolute atomic E-state index is 14.3. The molecule has 154 valence electrons. The summed E-state index contributed by atoms with van der Waals surface area (Å²) in [7, 11) is 1.73. The number of aromatic nitrogens is 3. The molecule has 3 aromatic rings. The van der Waals surface area contributed by atoms with Gasteiger partial charge in [-0.15, -0.1) is 0 Å². The van der Waals surface area contributed by atoms with Gasteiger partial charge in [0.1, 0.15) is 5.82 Å². The van der Waals surface area contributed by atoms with Crippen LogP contribution in [0.4, 0.5) is 24.5 Å². The van der Waals surface area contributed by atoms with Crippen molar-refractivity contribution in [1.82, 2.24) is 14.8 Å². The monoisotopic (exact) mass is 413 g/mol. The van der Waals surface area contributed by atoms with Gasteiger partial charge in [-0.2, -0.15) is 5.10 Å². The van der Waals surface area contributed by atoms with Crippen molar-refractivity contribution in [3.8, 4) is 11.1 Å². The number of carbonyl (C=O) groups is 1. The fourth-order valence-corrected chi connectivity index (χ4v) is 3.23. The van der Waals surface area contributed by atoms with Crippen molar-refractivity contribution in [3.63, 3.8) is 0 Å². The molecule has 1 aliphatic rings. The van der Waals surface area contributed by atoms with Crippen LogP contribution in [0.3, 0.4) is 0 Å². The minimum atomic E-state index is -2.64. The molecule has 6 nitrogen and oxygen atoms in total. The van der Waals surface area contributed by atoms with E-state index in [1.807, 2.05) is 0 Å². The molecule has 0 saturated carbocycles. The average molecular weight is 413 g/mol. The van der Waals surface area contributed by atoms with Crippen molar-refractivity contribution < 1.29 is 18.0 Å². The minimum Gasteiger partial charge on any atom is -0.359 e. The molecule has 0 unspecified atom stereocenters. The molecule has 1 aliphatic heterocycles. The lowest BCUT2D eigenvalue weighted by molar-refractivity contribution is -0.111. The van der Waals surface area contributed by atoms with Gasteiger partial charge in [-0.25, -0.2) is 13.2 Å². The van der Waals surface area contributed by atoms with Gasteiger partial charge in [-0.3, -0.25) is 14.5 Å². The molecule has 0 radical (unpaired) electrons. The van der Waals surface area contributed by atoms with E-state index in [0.29, 0.717) is 28.1 Å². The quantitative estimate of drug-likeness (QED) is 0.648. The number of hydrogen-bond acceptors (Lipinski definition) is 4. The smallest absolute Gasteiger partial charge is 0.282 e. The van der Waals surface area contributed by atoms with Crippen molar-refractivity contribution in [1.29, 1.82) is 0 Å². The summed E-state index contributed by atoms with van der Waals surface area (Å²) in [6.45, 7) is -0.606. The Bertz CT molecular complexity index is 1100. The van der Waals surface area contributed by atoms with Crippen molar-refractivity contribution in [3.05, 3.63) is 66.5 Å². The first-order valence-electron chi connectivity index (χ1n) is 9.15. The van der Waals surface area contributed by atoms with Crippen LogP contribution in [0.5, 0.6) is 0 Å². The van der Waals surface area contributed by atoms with Gasteiger partial charge in [0.2, 0.25) is 5.91 Å². The lowest BCUT2D eigenvalue weighted by Gasteiger charge is -2.40. The predicted molar refractivity (Wildman–Crippen MR) is 108 cm³/mol. The second-order valence-corrected chi connectivity index (χ2v) is 7.07. The average Bonchev–Trinajstić information content (AvgIpc) is 3.11. The molecule has 0 spiro atoms. The summed E-state index contributed by atoms with van der Waals surface area (Å²) in [6, 6.07) is 6.63. The van der Waals surface area contributed by atoms with Gasteiger partial charge in [-0.05, 0) is 30.3 Å². The van der Waals surface area contributed by atoms with Gasteiger partial charge >= 0.3 is 0 Å². The van der Waals surface area contributed by atoms with Gasteiger partial charge in [0.05, 0.1) is 25.5 Å². The van der Waals surface area contributed by atoms with Gasteiger partial charge in [0.15, 0.2) is 0 Å². The first-order chi connectivity index (χ1) is 14.3. The van der Waals surface area contributed by atoms with Crippen LogP contribution < -0.4 is 10.2 Å². The topological polar surface area (TPSA) is 63.1 Å². The molecule has 2 aromatic heterocycles. The molecule has 1 aromatic carbocycles. The molecule has 1 amide bonds. The number of hydrogen-bond donors (Lipinski definition) is 1. The molecule has 3 heterocycles. The summed E-state index contributed by atoms with van der Waals surface area (Å²) in [6.07, 6.45) is 8.53. The van der Waals surface area contributed by atoms with Crippen LogP contribution in [-0.4, -0.2) is 39.7 Å². The summed E-state index contributed by atoms with van der Waals surface area (Å²) >= 11 is 0. The standard InChI is InChI=1S/C21H18F3N5O/c1-28-11-15(9-26-28)20-14(8-25-10-18(20)22)2-7-19(30)27-16-3-5-17(6-4-16)29-12-21(23,24)13-29/h2-11H,12-13H2,1H3,(H,27,30)/b7-2+. The van der Waals surface area contributed by atoms with E-state index in [4.69, 9.17) is 0 Å². The molecule has 30 heavy (non-hydrogen) atoms. The lowest BCUT2D eigenvalue weighted by atomic mass is 10.0. The Morgan fingerprint density at radius 3 is 2.53 bits per heavy atom. The van der Waals surface area contributed by atoms with Crippen molar-refractivity contribution in [2.45, 2.75) is 5.92 Å². The number of rotatable bonds is 5. The largest absolute Gasteiger partial charge is 0.359 e. The van der Waals surface area contributed by atoms with E-state index in [2.05, 4.69) is 15.4 Å². The number of anilines is 2. The van der Waals surface area contributed by atoms with E-state index in [1.165, 1.54) is 24.5 Å². The second-order valence-electron chi connectivity index (χ2n) is 7.07. The van der Waals surface area contributed by atoms with Crippen LogP contribution in [0.25, 0.3) is 17.2 Å². The molecule has 1 saturated heterocycles. The van der Waals surface area contributed by atoms with Crippen LogP contribution in [0.2, 0.25) is 0 Å². The first-order valence-corrected chi connectivity index (χ1v) is 9.15. The van der Waals surface area contributed by atoms with Crippen LogP contribution in [0, 0.1) is 5.82 Å². The summed E-state index contributed by atoms with van der Waals surface area (Å²) in [4.78, 5) is 17.7. The van der Waals surface area contributed by atoms with Crippen LogP contribution >= 0.6 is 0 Å². The normalized spacial score (nSPS) is 15.3. The summed E-state index contributed by atoms with van der Waals surface area (Å²) in [5, 5.41) is 6.73. The molecular weight excluding hydrogens is 395 g/mol. The lowest BCUT2D eigenvalue weighted by Crippen LogP contribution is -2.56. The number of benzene rings is 1. The van der Waals surface area contributed by atoms with Crippen LogP contribution in [0.15, 0.2) is 55.1 Å². The molecular formula is C21H18F3N5O. The Kier molecular flexibility index (Phi) is 5.03. The molecule has 1 fully saturated rings. The highest BCUT2D eigenvalue weighted by atomic mass is 19.3. The van der Waals surface area contributed by atoms with E-state index in [9.17, 15) is 18.0 Å². The van der Waals surface area contributed by atoms with Crippen molar-refractivity contribution >= 4 is 23.4 Å². The maximum Gasteiger partial charge on any atom is 0.282 e. The van der Waals surface area contributed by atoms with Gasteiger partial charge < -0.3 is 10.2 Å². The number of nitrogens with zero attached hydrogens (tertiary/aromatic N) is 4. The highest BCUT2D eigenvalue weighted by Gasteiger charge is 2.43. The fourth-order valence-electron chi connectivity index (χ4n) is 3.23. The Morgan fingerprint density at radius 1 is 1.17 bits per heavy atom. The number of nitrogens with one attached hydrogen (secondary N) is 1. The summed E-state index contributed by atoms with van der Waals surface area (Å²) in [5.74, 6) is -3.57. The third-order valence-electron chi connectivity index (χ3n) is 4.68. The molecule has 0 atom stereocenters. The zero-order valence-corrected chi connectivity index (χ0v) is 16.0. The third kappa shape index (κ3) is 4.19. The minimum absolute atomic E-state index is 0.303. The highest BCUT2D eigenvalue weighted by molar-refractivity contribution is 6.02. The van der Waals surface area contributed by atoms with E-state index in [1.54, 1.807) is 47.1 Å². The van der Waals surface area contributed by atoms with Crippen LogP contribution in [-0.2, 0) is 11.8 Å². The van der Waals surface area contributed by atoms with Crippen LogP contribution in [0.1, 0.15) is 5.56 Å². The Hall–Kier alpha value is -3.62. The number of amides is 1. The number of alkyl halides is 2. The number of aryl methyl sites for hydroxylation is 1. The third-order valence-corrected chi connectivity index (χ3v) is 4.68. The zero-order chi connectivity index (χ0) is 21.3. The summed E-state index contributed by atoms with van der Waals surface area (Å²) < 4.78 is 41.8. The molecule has 0 bridgehead atoms. The second kappa shape index (κ2) is 7.66. The highest BCUT2D eigenvalue weighted by Crippen LogP contribution is 2.32. The number of halogens is 3. The fraction of sp³-hybridized carbons (Fsp3) is 0.190. The number of pyridine rings is 1. The Balaban J connectivity index is 1.44. The van der Waals surface area contributed by atoms with Gasteiger partial charge in [0.25, 0.3) is 5.92 Å². The van der Waals surface area contributed by atoms with Gasteiger partial charge in [-0.1, -0.05) is 0 Å². The molecule has 0 aliphatic carbocycles. The van der Waals surface area contributed by atoms with E-state index in [0.717, 1.165) is 6.20 Å². The Morgan fingerprint density at radius 2 is 1.90 bits per heavy atom. The van der Waals surface area contributed by atoms with Crippen molar-refractivity contribution in [2.24, 2.45) is 7.05 Å². The molecule has 1 N–H and O–H groups in total. The zero-order valence-electron chi connectivity index (χ0n) is 16.0. The maximum atomic E-state index is 14.3. The molecule has 9 heteroatoms. The first kappa shape index (κ1) is 19.7. The molecule has 4 rings (SSSR count). The number of carbonyl (C=O) groups excluding carboxylic acids is 1. The predicted octanol–water partition coefficient (Wildman–Crippen LogP) is 3.73. The van der Waals surface area contributed by atoms with Crippen molar-refractivity contribution in [2.75, 3.05) is 23.3 Å². The van der Waals surface area contributed by atoms with E-state index in [-0.39, 0.29) is 13.1 Å². The van der Waals surface area contributed by atoms with E-state index >= 15 is 0 Å². The van der Waals surface area contributed by atoms with E-state index < -0.39 is 17.6 Å².